The second-order valence-electron chi connectivity index (χ2n) is 3.74. The number of primary amides is 1. The van der Waals surface area contributed by atoms with Crippen LogP contribution in [0.4, 0.5) is 8.78 Å². The van der Waals surface area contributed by atoms with E-state index in [1.807, 2.05) is 0 Å². The molecule has 1 aromatic carbocycles. The third-order valence-electron chi connectivity index (χ3n) is 2.16. The van der Waals surface area contributed by atoms with Gasteiger partial charge in [0.05, 0.1) is 13.1 Å². The van der Waals surface area contributed by atoms with Crippen LogP contribution in [0.3, 0.4) is 0 Å². The van der Waals surface area contributed by atoms with Crippen molar-refractivity contribution in [3.05, 3.63) is 35.7 Å². The summed E-state index contributed by atoms with van der Waals surface area (Å²) in [4.78, 5) is 14.4. The minimum Gasteiger partial charge on any atom is -0.369 e. The van der Waals surface area contributed by atoms with E-state index in [9.17, 15) is 13.6 Å². The number of nitrogens with one attached hydrogen (secondary N) is 1. The molecule has 0 aliphatic heterocycles. The first-order chi connectivity index (χ1) is 9.04. The summed E-state index contributed by atoms with van der Waals surface area (Å²) in [6.45, 7) is 0.0973. The summed E-state index contributed by atoms with van der Waals surface area (Å²) in [6.07, 6.45) is 0. The van der Waals surface area contributed by atoms with Gasteiger partial charge in [0.1, 0.15) is 11.6 Å². The summed E-state index contributed by atoms with van der Waals surface area (Å²) in [6, 6.07) is 2.93. The van der Waals surface area contributed by atoms with E-state index >= 15 is 0 Å². The van der Waals surface area contributed by atoms with Gasteiger partial charge in [-0.15, -0.1) is 0 Å². The third-order valence-corrected chi connectivity index (χ3v) is 2.16. The van der Waals surface area contributed by atoms with E-state index in [0.29, 0.717) is 0 Å². The highest BCUT2D eigenvalue weighted by Crippen LogP contribution is 2.18. The van der Waals surface area contributed by atoms with Crippen LogP contribution >= 0.6 is 0 Å². The van der Waals surface area contributed by atoms with Gasteiger partial charge in [-0.05, 0) is 12.1 Å². The van der Waals surface area contributed by atoms with E-state index in [1.165, 1.54) is 0 Å². The van der Waals surface area contributed by atoms with Crippen LogP contribution in [0.1, 0.15) is 5.89 Å². The van der Waals surface area contributed by atoms with Crippen LogP contribution in [0.2, 0.25) is 0 Å². The molecule has 8 heteroatoms. The summed E-state index contributed by atoms with van der Waals surface area (Å²) in [7, 11) is 0. The Hall–Kier alpha value is -2.35. The standard InChI is InChI=1S/C11H10F2N4O2/c12-7-1-6(2-8(13)3-7)11-16-10(19-17-11)5-15-4-9(14)18/h1-3,15H,4-5H2,(H2,14,18). The van der Waals surface area contributed by atoms with Gasteiger partial charge in [-0.3, -0.25) is 10.1 Å². The molecule has 2 rings (SSSR count). The predicted octanol–water partition coefficient (Wildman–Crippen LogP) is 0.590. The first-order valence-electron chi connectivity index (χ1n) is 5.32. The molecule has 1 heterocycles. The lowest BCUT2D eigenvalue weighted by molar-refractivity contribution is -0.117. The fourth-order valence-electron chi connectivity index (χ4n) is 1.42. The summed E-state index contributed by atoms with van der Waals surface area (Å²) < 4.78 is 30.9. The first kappa shape index (κ1) is 13.1. The summed E-state index contributed by atoms with van der Waals surface area (Å²) in [5.41, 5.74) is 5.10. The Morgan fingerprint density at radius 3 is 2.63 bits per heavy atom. The van der Waals surface area contributed by atoms with Crippen molar-refractivity contribution in [3.63, 3.8) is 0 Å². The smallest absolute Gasteiger partial charge is 0.240 e. The number of carbonyl (C=O) groups excluding carboxylic acids is 1. The quantitative estimate of drug-likeness (QED) is 0.827. The van der Waals surface area contributed by atoms with Crippen LogP contribution in [0.25, 0.3) is 11.4 Å². The molecule has 0 saturated heterocycles. The second-order valence-corrected chi connectivity index (χ2v) is 3.74. The zero-order valence-corrected chi connectivity index (χ0v) is 9.69. The summed E-state index contributed by atoms with van der Waals surface area (Å²) in [5, 5.41) is 6.26. The van der Waals surface area contributed by atoms with Crippen LogP contribution in [-0.2, 0) is 11.3 Å². The predicted molar refractivity (Wildman–Crippen MR) is 60.6 cm³/mol. The van der Waals surface area contributed by atoms with Gasteiger partial charge in [-0.2, -0.15) is 4.98 Å². The maximum absolute atomic E-state index is 13.0. The zero-order valence-electron chi connectivity index (χ0n) is 9.69. The second kappa shape index (κ2) is 5.53. The van der Waals surface area contributed by atoms with Crippen molar-refractivity contribution in [1.29, 1.82) is 0 Å². The number of nitrogens with two attached hydrogens (primary N) is 1. The molecule has 0 spiro atoms. The van der Waals surface area contributed by atoms with E-state index in [4.69, 9.17) is 10.3 Å². The molecule has 1 aromatic heterocycles. The molecule has 1 amide bonds. The van der Waals surface area contributed by atoms with Crippen LogP contribution < -0.4 is 11.1 Å². The van der Waals surface area contributed by atoms with E-state index in [1.54, 1.807) is 0 Å². The molecule has 0 bridgehead atoms. The number of aromatic nitrogens is 2. The number of nitrogens with zero attached hydrogens (tertiary/aromatic N) is 2. The minimum atomic E-state index is -0.729. The van der Waals surface area contributed by atoms with E-state index in [2.05, 4.69) is 15.5 Å². The molecular formula is C11H10F2N4O2. The Morgan fingerprint density at radius 1 is 1.32 bits per heavy atom. The minimum absolute atomic E-state index is 0.0354. The van der Waals surface area contributed by atoms with Gasteiger partial charge in [0.15, 0.2) is 0 Å². The number of amides is 1. The monoisotopic (exact) mass is 268 g/mol. The molecule has 0 fully saturated rings. The fourth-order valence-corrected chi connectivity index (χ4v) is 1.42. The number of benzene rings is 1. The molecule has 19 heavy (non-hydrogen) atoms. The van der Waals surface area contributed by atoms with Gasteiger partial charge in [-0.25, -0.2) is 8.78 Å². The van der Waals surface area contributed by atoms with Crippen molar-refractivity contribution >= 4 is 5.91 Å². The van der Waals surface area contributed by atoms with Crippen molar-refractivity contribution in [2.24, 2.45) is 5.73 Å². The Bertz CT molecular complexity index is 580. The van der Waals surface area contributed by atoms with Gasteiger partial charge >= 0.3 is 0 Å². The lowest BCUT2D eigenvalue weighted by Gasteiger charge is -1.96. The lowest BCUT2D eigenvalue weighted by atomic mass is 10.2. The van der Waals surface area contributed by atoms with Gasteiger partial charge in [-0.1, -0.05) is 5.16 Å². The first-order valence-corrected chi connectivity index (χ1v) is 5.32. The highest BCUT2D eigenvalue weighted by Gasteiger charge is 2.11. The molecule has 0 aliphatic rings. The molecule has 0 radical (unpaired) electrons. The van der Waals surface area contributed by atoms with Crippen LogP contribution in [-0.4, -0.2) is 22.6 Å². The van der Waals surface area contributed by atoms with Crippen molar-refractivity contribution < 1.29 is 18.1 Å². The highest BCUT2D eigenvalue weighted by atomic mass is 19.1. The van der Waals surface area contributed by atoms with E-state index in [0.717, 1.165) is 18.2 Å². The summed E-state index contributed by atoms with van der Waals surface area (Å²) in [5.74, 6) is -1.73. The van der Waals surface area contributed by atoms with Gasteiger partial charge in [0.2, 0.25) is 17.6 Å². The van der Waals surface area contributed by atoms with Gasteiger partial charge < -0.3 is 10.3 Å². The van der Waals surface area contributed by atoms with Crippen molar-refractivity contribution in [2.75, 3.05) is 6.54 Å². The Morgan fingerprint density at radius 2 is 2.00 bits per heavy atom. The number of hydrogen-bond acceptors (Lipinski definition) is 5. The van der Waals surface area contributed by atoms with Crippen molar-refractivity contribution in [3.8, 4) is 11.4 Å². The zero-order chi connectivity index (χ0) is 13.8. The van der Waals surface area contributed by atoms with E-state index in [-0.39, 0.29) is 30.4 Å². The summed E-state index contributed by atoms with van der Waals surface area (Å²) >= 11 is 0. The van der Waals surface area contributed by atoms with E-state index < -0.39 is 17.5 Å². The Balaban J connectivity index is 2.09. The van der Waals surface area contributed by atoms with Crippen molar-refractivity contribution in [2.45, 2.75) is 6.54 Å². The molecule has 0 unspecified atom stereocenters. The van der Waals surface area contributed by atoms with Gasteiger partial charge in [0.25, 0.3) is 0 Å². The Labute approximate surface area is 106 Å². The normalized spacial score (nSPS) is 10.6. The topological polar surface area (TPSA) is 94.0 Å². The molecular weight excluding hydrogens is 258 g/mol. The number of hydrogen-bond donors (Lipinski definition) is 2. The Kier molecular flexibility index (Phi) is 3.81. The maximum Gasteiger partial charge on any atom is 0.240 e. The number of halogens is 2. The third kappa shape index (κ3) is 3.55. The molecule has 100 valence electrons. The maximum atomic E-state index is 13.0. The molecule has 6 nitrogen and oxygen atoms in total. The number of rotatable bonds is 5. The largest absolute Gasteiger partial charge is 0.369 e. The molecule has 0 aliphatic carbocycles. The average Bonchev–Trinajstić information content (AvgIpc) is 2.76. The molecule has 3 N–H and O–H groups in total. The van der Waals surface area contributed by atoms with Crippen molar-refractivity contribution in [1.82, 2.24) is 15.5 Å². The molecule has 2 aromatic rings. The molecule has 0 saturated carbocycles. The van der Waals surface area contributed by atoms with Gasteiger partial charge in [0, 0.05) is 11.6 Å². The SMILES string of the molecule is NC(=O)CNCc1nc(-c2cc(F)cc(F)c2)no1. The molecule has 0 atom stereocenters. The average molecular weight is 268 g/mol. The number of carbonyl (C=O) groups is 1. The fraction of sp³-hybridized carbons (Fsp3) is 0.182. The highest BCUT2D eigenvalue weighted by molar-refractivity contribution is 5.75. The van der Waals surface area contributed by atoms with Crippen LogP contribution in [0.5, 0.6) is 0 Å². The lowest BCUT2D eigenvalue weighted by Crippen LogP contribution is -2.28. The van der Waals surface area contributed by atoms with Crippen LogP contribution in [0, 0.1) is 11.6 Å². The van der Waals surface area contributed by atoms with Crippen LogP contribution in [0.15, 0.2) is 22.7 Å².